The Morgan fingerprint density at radius 2 is 1.90 bits per heavy atom. The molecule has 1 aliphatic rings. The van der Waals surface area contributed by atoms with Crippen LogP contribution in [0.2, 0.25) is 0 Å². The molecule has 2 N–H and O–H groups in total. The van der Waals surface area contributed by atoms with Gasteiger partial charge in [0, 0.05) is 13.0 Å². The van der Waals surface area contributed by atoms with E-state index in [4.69, 9.17) is 4.74 Å². The van der Waals surface area contributed by atoms with Crippen LogP contribution < -0.4 is 10.6 Å². The van der Waals surface area contributed by atoms with Gasteiger partial charge >= 0.3 is 6.03 Å². The highest BCUT2D eigenvalue weighted by Gasteiger charge is 2.37. The number of nitrogens with zero attached hydrogens (tertiary/aromatic N) is 1. The number of ketones is 1. The van der Waals surface area contributed by atoms with Crippen molar-refractivity contribution in [3.63, 3.8) is 0 Å². The molecular weight excluding hydrogens is 370 g/mol. The molecule has 7 nitrogen and oxygen atoms in total. The fourth-order valence-corrected chi connectivity index (χ4v) is 3.39. The third kappa shape index (κ3) is 7.95. The predicted molar refractivity (Wildman–Crippen MR) is 112 cm³/mol. The molecule has 3 amide bonds. The van der Waals surface area contributed by atoms with Crippen molar-refractivity contribution in [2.24, 2.45) is 5.41 Å². The summed E-state index contributed by atoms with van der Waals surface area (Å²) >= 11 is 0. The number of ether oxygens (including phenoxy) is 1. The molecule has 1 aromatic rings. The van der Waals surface area contributed by atoms with Crippen LogP contribution in [0.25, 0.3) is 0 Å². The maximum atomic E-state index is 12.3. The molecule has 1 aliphatic heterocycles. The lowest BCUT2D eigenvalue weighted by molar-refractivity contribution is -0.122. The Balaban J connectivity index is 1.79. The van der Waals surface area contributed by atoms with Gasteiger partial charge in [0.05, 0.1) is 6.10 Å². The average Bonchev–Trinajstić information content (AvgIpc) is 2.98. The Hall–Kier alpha value is -2.25. The molecular formula is C22H33N3O4. The zero-order valence-electron chi connectivity index (χ0n) is 17.9. The fraction of sp³-hybridized carbons (Fsp3) is 0.591. The van der Waals surface area contributed by atoms with E-state index in [-0.39, 0.29) is 36.2 Å². The fourth-order valence-electron chi connectivity index (χ4n) is 3.39. The van der Waals surface area contributed by atoms with Gasteiger partial charge in [-0.1, -0.05) is 44.2 Å². The highest BCUT2D eigenvalue weighted by molar-refractivity contribution is 5.97. The quantitative estimate of drug-likeness (QED) is 0.660. The summed E-state index contributed by atoms with van der Waals surface area (Å²) in [5, 5.41) is 4.97. The molecule has 1 heterocycles. The molecule has 0 spiro atoms. The Kier molecular flexibility index (Phi) is 8.34. The third-order valence-corrected chi connectivity index (χ3v) is 5.13. The van der Waals surface area contributed by atoms with Crippen LogP contribution in [0.1, 0.15) is 38.7 Å². The van der Waals surface area contributed by atoms with Gasteiger partial charge in [-0.3, -0.25) is 14.9 Å². The van der Waals surface area contributed by atoms with Gasteiger partial charge in [0.2, 0.25) is 5.91 Å². The third-order valence-electron chi connectivity index (χ3n) is 5.13. The Morgan fingerprint density at radius 1 is 1.21 bits per heavy atom. The number of hydrogen-bond acceptors (Lipinski definition) is 5. The first kappa shape index (κ1) is 23.0. The Morgan fingerprint density at radius 3 is 2.55 bits per heavy atom. The van der Waals surface area contributed by atoms with Crippen molar-refractivity contribution in [3.8, 4) is 0 Å². The molecule has 2 unspecified atom stereocenters. The number of carbonyl (C=O) groups excluding carboxylic acids is 3. The summed E-state index contributed by atoms with van der Waals surface area (Å²) in [5.41, 5.74) is 0.975. The van der Waals surface area contributed by atoms with E-state index in [1.165, 1.54) is 5.56 Å². The van der Waals surface area contributed by atoms with Crippen LogP contribution in [0.5, 0.6) is 0 Å². The average molecular weight is 404 g/mol. The van der Waals surface area contributed by atoms with Gasteiger partial charge in [-0.15, -0.1) is 0 Å². The number of Topliss-reactive ketones (excluding diaryl/α,β-unsaturated/α-hetero) is 1. The van der Waals surface area contributed by atoms with Gasteiger partial charge < -0.3 is 15.0 Å². The minimum absolute atomic E-state index is 0.0104. The van der Waals surface area contributed by atoms with E-state index in [0.29, 0.717) is 6.42 Å². The lowest BCUT2D eigenvalue weighted by Crippen LogP contribution is -2.51. The highest BCUT2D eigenvalue weighted by Crippen LogP contribution is 2.27. The summed E-state index contributed by atoms with van der Waals surface area (Å²) in [6, 6.07) is 8.75. The van der Waals surface area contributed by atoms with E-state index < -0.39 is 12.1 Å². The molecule has 0 radical (unpaired) electrons. The maximum absolute atomic E-state index is 12.3. The van der Waals surface area contributed by atoms with Crippen LogP contribution >= 0.6 is 0 Å². The van der Waals surface area contributed by atoms with Crippen LogP contribution in [0, 0.1) is 5.41 Å². The molecule has 2 rings (SSSR count). The first-order chi connectivity index (χ1) is 13.7. The zero-order valence-corrected chi connectivity index (χ0v) is 17.9. The number of urea groups is 1. The summed E-state index contributed by atoms with van der Waals surface area (Å²) in [6.07, 6.45) is 2.19. The van der Waals surface area contributed by atoms with Crippen molar-refractivity contribution in [1.29, 1.82) is 0 Å². The number of benzene rings is 1. The van der Waals surface area contributed by atoms with Crippen molar-refractivity contribution in [3.05, 3.63) is 35.9 Å². The number of amides is 3. The van der Waals surface area contributed by atoms with E-state index in [1.54, 1.807) is 0 Å². The summed E-state index contributed by atoms with van der Waals surface area (Å²) in [7, 11) is 3.87. The van der Waals surface area contributed by atoms with Gasteiger partial charge in [0.15, 0.2) is 5.78 Å². The van der Waals surface area contributed by atoms with E-state index >= 15 is 0 Å². The van der Waals surface area contributed by atoms with Crippen LogP contribution in [0.15, 0.2) is 30.3 Å². The summed E-state index contributed by atoms with van der Waals surface area (Å²) < 4.78 is 5.49. The molecule has 160 valence electrons. The molecule has 7 heteroatoms. The standard InChI is InChI=1S/C22H33N3O4/c1-22(2,12-10-16-8-6-5-7-9-16)14-19(27)23-21(28)24-20-17(26)15-29-18(20)11-13-25(3)4/h5-9,18,20H,10-15H2,1-4H3,(H2,23,24,27,28). The summed E-state index contributed by atoms with van der Waals surface area (Å²) in [6.45, 7) is 4.76. The van der Waals surface area contributed by atoms with Gasteiger partial charge in [-0.2, -0.15) is 0 Å². The van der Waals surface area contributed by atoms with Crippen molar-refractivity contribution in [1.82, 2.24) is 15.5 Å². The second-order valence-electron chi connectivity index (χ2n) is 8.73. The van der Waals surface area contributed by atoms with Crippen LogP contribution in [-0.4, -0.2) is 62.0 Å². The minimum atomic E-state index is -0.714. The number of carbonyl (C=O) groups is 3. The minimum Gasteiger partial charge on any atom is -0.368 e. The first-order valence-corrected chi connectivity index (χ1v) is 10.1. The van der Waals surface area contributed by atoms with Crippen molar-refractivity contribution < 1.29 is 19.1 Å². The molecule has 1 saturated heterocycles. The Labute approximate surface area is 173 Å². The van der Waals surface area contributed by atoms with Gasteiger partial charge in [-0.25, -0.2) is 4.79 Å². The van der Waals surface area contributed by atoms with Crippen LogP contribution in [0.3, 0.4) is 0 Å². The molecule has 0 saturated carbocycles. The Bertz CT molecular complexity index is 703. The second-order valence-corrected chi connectivity index (χ2v) is 8.73. The lowest BCUT2D eigenvalue weighted by Gasteiger charge is -2.24. The summed E-state index contributed by atoms with van der Waals surface area (Å²) in [5.74, 6) is -0.517. The van der Waals surface area contributed by atoms with Gasteiger partial charge in [-0.05, 0) is 44.3 Å². The van der Waals surface area contributed by atoms with Gasteiger partial charge in [0.25, 0.3) is 0 Å². The van der Waals surface area contributed by atoms with E-state index in [9.17, 15) is 14.4 Å². The largest absolute Gasteiger partial charge is 0.368 e. The normalized spacial score (nSPS) is 19.4. The SMILES string of the molecule is CN(C)CCC1OCC(=O)C1NC(=O)NC(=O)CC(C)(C)CCc1ccccc1. The monoisotopic (exact) mass is 403 g/mol. The number of imide groups is 1. The van der Waals surface area contributed by atoms with E-state index in [0.717, 1.165) is 19.4 Å². The molecule has 0 aromatic heterocycles. The van der Waals surface area contributed by atoms with Crippen LogP contribution in [-0.2, 0) is 20.7 Å². The van der Waals surface area contributed by atoms with Crippen LogP contribution in [0.4, 0.5) is 4.79 Å². The van der Waals surface area contributed by atoms with Crippen molar-refractivity contribution in [2.45, 2.75) is 51.7 Å². The molecule has 29 heavy (non-hydrogen) atoms. The number of hydrogen-bond donors (Lipinski definition) is 2. The van der Waals surface area contributed by atoms with Crippen molar-refractivity contribution in [2.75, 3.05) is 27.2 Å². The first-order valence-electron chi connectivity index (χ1n) is 10.1. The van der Waals surface area contributed by atoms with E-state index in [1.807, 2.05) is 51.0 Å². The molecule has 1 fully saturated rings. The highest BCUT2D eigenvalue weighted by atomic mass is 16.5. The van der Waals surface area contributed by atoms with E-state index in [2.05, 4.69) is 22.8 Å². The smallest absolute Gasteiger partial charge is 0.322 e. The van der Waals surface area contributed by atoms with Gasteiger partial charge in [0.1, 0.15) is 12.6 Å². The zero-order chi connectivity index (χ0) is 21.4. The number of rotatable bonds is 9. The molecule has 0 aliphatic carbocycles. The molecule has 0 bridgehead atoms. The van der Waals surface area contributed by atoms with Crippen molar-refractivity contribution >= 4 is 17.7 Å². The molecule has 2 atom stereocenters. The predicted octanol–water partition coefficient (Wildman–Crippen LogP) is 2.15. The molecule has 1 aromatic carbocycles. The maximum Gasteiger partial charge on any atom is 0.322 e. The lowest BCUT2D eigenvalue weighted by atomic mass is 9.83. The second kappa shape index (κ2) is 10.5. The summed E-state index contributed by atoms with van der Waals surface area (Å²) in [4.78, 5) is 38.6. The number of aryl methyl sites for hydroxylation is 1. The number of nitrogens with one attached hydrogen (secondary N) is 2. The topological polar surface area (TPSA) is 87.7 Å².